The van der Waals surface area contributed by atoms with Crippen molar-refractivity contribution in [3.63, 3.8) is 0 Å². The van der Waals surface area contributed by atoms with Gasteiger partial charge in [-0.1, -0.05) is 6.92 Å². The van der Waals surface area contributed by atoms with E-state index in [0.717, 1.165) is 6.42 Å². The molecule has 0 aromatic heterocycles. The number of amides is 1. The molecule has 2 N–H and O–H groups in total. The van der Waals surface area contributed by atoms with E-state index in [1.807, 2.05) is 6.92 Å². The van der Waals surface area contributed by atoms with Crippen molar-refractivity contribution in [1.82, 2.24) is 5.32 Å². The van der Waals surface area contributed by atoms with E-state index in [-0.39, 0.29) is 18.6 Å². The summed E-state index contributed by atoms with van der Waals surface area (Å²) >= 11 is 0. The average Bonchev–Trinajstić information content (AvgIpc) is 1.85. The molecule has 1 rings (SSSR count). The second kappa shape index (κ2) is 3.01. The second-order valence-corrected chi connectivity index (χ2v) is 2.99. The molecule has 10 heavy (non-hydrogen) atoms. The third-order valence-electron chi connectivity index (χ3n) is 1.81. The molecule has 1 aliphatic heterocycles. The van der Waals surface area contributed by atoms with Crippen molar-refractivity contribution in [1.29, 1.82) is 0 Å². The molecule has 1 aliphatic rings. The van der Waals surface area contributed by atoms with Gasteiger partial charge in [0.1, 0.15) is 0 Å². The highest BCUT2D eigenvalue weighted by molar-refractivity contribution is 5.77. The van der Waals surface area contributed by atoms with E-state index >= 15 is 0 Å². The molecule has 2 atom stereocenters. The van der Waals surface area contributed by atoms with Crippen LogP contribution in [0.3, 0.4) is 0 Å². The fourth-order valence-corrected chi connectivity index (χ4v) is 1.35. The van der Waals surface area contributed by atoms with Gasteiger partial charge in [0, 0.05) is 6.42 Å². The minimum absolute atomic E-state index is 0.00347. The van der Waals surface area contributed by atoms with Gasteiger partial charge in [-0.2, -0.15) is 0 Å². The van der Waals surface area contributed by atoms with E-state index < -0.39 is 0 Å². The van der Waals surface area contributed by atoms with Crippen molar-refractivity contribution in [2.24, 2.45) is 5.92 Å². The molecule has 1 saturated heterocycles. The van der Waals surface area contributed by atoms with E-state index in [2.05, 4.69) is 5.32 Å². The lowest BCUT2D eigenvalue weighted by Crippen LogP contribution is -2.43. The van der Waals surface area contributed by atoms with E-state index in [1.54, 1.807) is 0 Å². The highest BCUT2D eigenvalue weighted by atomic mass is 16.3. The molecule has 0 radical (unpaired) electrons. The number of piperidine rings is 1. The Balaban J connectivity index is 2.42. The molecule has 0 saturated carbocycles. The van der Waals surface area contributed by atoms with Gasteiger partial charge in [0.05, 0.1) is 12.6 Å². The number of hydrogen-bond acceptors (Lipinski definition) is 2. The average molecular weight is 143 g/mol. The molecular weight excluding hydrogens is 130 g/mol. The summed E-state index contributed by atoms with van der Waals surface area (Å²) in [7, 11) is 0. The van der Waals surface area contributed by atoms with Gasteiger partial charge in [-0.25, -0.2) is 0 Å². The first-order chi connectivity index (χ1) is 4.72. The maximum absolute atomic E-state index is 10.8. The minimum atomic E-state index is -0.00347. The van der Waals surface area contributed by atoms with Gasteiger partial charge < -0.3 is 10.4 Å². The summed E-state index contributed by atoms with van der Waals surface area (Å²) < 4.78 is 0. The van der Waals surface area contributed by atoms with Crippen molar-refractivity contribution >= 4 is 5.91 Å². The lowest BCUT2D eigenvalue weighted by atomic mass is 9.94. The van der Waals surface area contributed by atoms with Crippen molar-refractivity contribution in [3.8, 4) is 0 Å². The normalized spacial score (nSPS) is 33.6. The first-order valence-electron chi connectivity index (χ1n) is 3.62. The molecule has 1 heterocycles. The monoisotopic (exact) mass is 143 g/mol. The summed E-state index contributed by atoms with van der Waals surface area (Å²) in [4.78, 5) is 10.8. The Hall–Kier alpha value is -0.570. The van der Waals surface area contributed by atoms with Crippen molar-refractivity contribution in [2.75, 3.05) is 6.61 Å². The van der Waals surface area contributed by atoms with Gasteiger partial charge in [-0.05, 0) is 12.3 Å². The van der Waals surface area contributed by atoms with Crippen LogP contribution in [-0.4, -0.2) is 23.7 Å². The van der Waals surface area contributed by atoms with Crippen LogP contribution in [0.4, 0.5) is 0 Å². The maximum atomic E-state index is 10.8. The van der Waals surface area contributed by atoms with E-state index in [9.17, 15) is 4.79 Å². The van der Waals surface area contributed by atoms with Crippen LogP contribution in [0.15, 0.2) is 0 Å². The van der Waals surface area contributed by atoms with Crippen LogP contribution in [0.1, 0.15) is 19.8 Å². The van der Waals surface area contributed by atoms with Gasteiger partial charge in [0.15, 0.2) is 0 Å². The Morgan fingerprint density at radius 2 is 2.50 bits per heavy atom. The van der Waals surface area contributed by atoms with Crippen molar-refractivity contribution < 1.29 is 9.90 Å². The summed E-state index contributed by atoms with van der Waals surface area (Å²) in [6.07, 6.45) is 1.51. The van der Waals surface area contributed by atoms with Gasteiger partial charge in [-0.15, -0.1) is 0 Å². The molecule has 0 aromatic rings. The summed E-state index contributed by atoms with van der Waals surface area (Å²) in [6, 6.07) is -0.00347. The van der Waals surface area contributed by atoms with Crippen LogP contribution < -0.4 is 5.32 Å². The lowest BCUT2D eigenvalue weighted by molar-refractivity contribution is -0.125. The van der Waals surface area contributed by atoms with Gasteiger partial charge in [-0.3, -0.25) is 4.79 Å². The summed E-state index contributed by atoms with van der Waals surface area (Å²) in [5.41, 5.74) is 0. The molecule has 0 unspecified atom stereocenters. The number of nitrogens with one attached hydrogen (secondary N) is 1. The molecule has 0 aliphatic carbocycles. The summed E-state index contributed by atoms with van der Waals surface area (Å²) in [6.45, 7) is 2.09. The fourth-order valence-electron chi connectivity index (χ4n) is 1.35. The zero-order valence-corrected chi connectivity index (χ0v) is 6.13. The molecule has 0 spiro atoms. The lowest BCUT2D eigenvalue weighted by Gasteiger charge is -2.25. The number of carbonyl (C=O) groups is 1. The second-order valence-electron chi connectivity index (χ2n) is 2.99. The van der Waals surface area contributed by atoms with Crippen LogP contribution >= 0.6 is 0 Å². The Bertz CT molecular complexity index is 136. The molecule has 1 amide bonds. The zero-order chi connectivity index (χ0) is 7.56. The SMILES string of the molecule is C[C@@H]1CC(=O)N[C@H](CO)C1. The Morgan fingerprint density at radius 1 is 1.80 bits per heavy atom. The van der Waals surface area contributed by atoms with Gasteiger partial charge >= 0.3 is 0 Å². The molecular formula is C7H13NO2. The molecule has 3 heteroatoms. The number of rotatable bonds is 1. The van der Waals surface area contributed by atoms with Crippen LogP contribution in [0.25, 0.3) is 0 Å². The van der Waals surface area contributed by atoms with Gasteiger partial charge in [0.2, 0.25) is 5.91 Å². The molecule has 0 aromatic carbocycles. The van der Waals surface area contributed by atoms with E-state index in [1.165, 1.54) is 0 Å². The highest BCUT2D eigenvalue weighted by Gasteiger charge is 2.22. The number of carbonyl (C=O) groups excluding carboxylic acids is 1. The van der Waals surface area contributed by atoms with Crippen molar-refractivity contribution in [2.45, 2.75) is 25.8 Å². The maximum Gasteiger partial charge on any atom is 0.220 e. The number of aliphatic hydroxyl groups excluding tert-OH is 1. The fraction of sp³-hybridized carbons (Fsp3) is 0.857. The Morgan fingerprint density at radius 3 is 3.00 bits per heavy atom. The summed E-state index contributed by atoms with van der Waals surface area (Å²) in [5, 5.41) is 11.4. The standard InChI is InChI=1S/C7H13NO2/c1-5-2-6(4-9)8-7(10)3-5/h5-6,9H,2-4H2,1H3,(H,8,10)/t5-,6-/m0/s1. The first kappa shape index (κ1) is 7.54. The topological polar surface area (TPSA) is 49.3 Å². The van der Waals surface area contributed by atoms with E-state index in [4.69, 9.17) is 5.11 Å². The first-order valence-corrected chi connectivity index (χ1v) is 3.62. The van der Waals surface area contributed by atoms with Crippen LogP contribution in [0, 0.1) is 5.92 Å². The zero-order valence-electron chi connectivity index (χ0n) is 6.13. The molecule has 1 fully saturated rings. The quantitative estimate of drug-likeness (QED) is 0.538. The van der Waals surface area contributed by atoms with Gasteiger partial charge in [0.25, 0.3) is 0 Å². The largest absolute Gasteiger partial charge is 0.394 e. The molecule has 3 nitrogen and oxygen atoms in total. The smallest absolute Gasteiger partial charge is 0.220 e. The van der Waals surface area contributed by atoms with Crippen molar-refractivity contribution in [3.05, 3.63) is 0 Å². The number of hydrogen-bond donors (Lipinski definition) is 2. The van der Waals surface area contributed by atoms with Crippen LogP contribution in [0.2, 0.25) is 0 Å². The predicted molar refractivity (Wildman–Crippen MR) is 37.4 cm³/mol. The third kappa shape index (κ3) is 1.70. The highest BCUT2D eigenvalue weighted by Crippen LogP contribution is 2.14. The predicted octanol–water partition coefficient (Wildman–Crippen LogP) is -0.107. The molecule has 0 bridgehead atoms. The Kier molecular flexibility index (Phi) is 2.27. The summed E-state index contributed by atoms with van der Waals surface area (Å²) in [5.74, 6) is 0.490. The van der Waals surface area contributed by atoms with Crippen LogP contribution in [0.5, 0.6) is 0 Å². The minimum Gasteiger partial charge on any atom is -0.394 e. The number of aliphatic hydroxyl groups is 1. The van der Waals surface area contributed by atoms with Crippen LogP contribution in [-0.2, 0) is 4.79 Å². The Labute approximate surface area is 60.4 Å². The third-order valence-corrected chi connectivity index (χ3v) is 1.81. The molecule has 58 valence electrons. The van der Waals surface area contributed by atoms with E-state index in [0.29, 0.717) is 12.3 Å².